The normalized spacial score (nSPS) is 20.2. The molecule has 17 heteroatoms. The zero-order chi connectivity index (χ0) is 39.3. The van der Waals surface area contributed by atoms with Crippen LogP contribution in [0.3, 0.4) is 0 Å². The topological polar surface area (TPSA) is 195 Å². The number of rotatable bonds is 5. The molecule has 54 heavy (non-hydrogen) atoms. The Morgan fingerprint density at radius 3 is 2.35 bits per heavy atom. The van der Waals surface area contributed by atoms with E-state index in [1.165, 1.54) is 44.7 Å². The van der Waals surface area contributed by atoms with Crippen molar-refractivity contribution in [2.24, 2.45) is 13.0 Å². The Kier molecular flexibility index (Phi) is 12.5. The molecule has 16 nitrogen and oxygen atoms in total. The summed E-state index contributed by atoms with van der Waals surface area (Å²) in [5.41, 5.74) is 2.63. The molecule has 0 saturated heterocycles. The molecule has 1 aliphatic heterocycles. The van der Waals surface area contributed by atoms with E-state index in [-0.39, 0.29) is 49.9 Å². The number of amides is 6. The molecule has 3 atom stereocenters. The molecule has 2 bridgehead atoms. The molecule has 3 aromatic heterocycles. The fourth-order valence-electron chi connectivity index (χ4n) is 6.46. The number of aryl methyl sites for hydroxylation is 2. The molecule has 0 aliphatic carbocycles. The highest BCUT2D eigenvalue weighted by Gasteiger charge is 2.31. The number of para-hydroxylation sites is 1. The van der Waals surface area contributed by atoms with Crippen LogP contribution in [0, 0.1) is 12.8 Å². The van der Waals surface area contributed by atoms with Gasteiger partial charge in [-0.3, -0.25) is 33.4 Å². The monoisotopic (exact) mass is 760 g/mol. The van der Waals surface area contributed by atoms with E-state index in [1.54, 1.807) is 38.7 Å². The van der Waals surface area contributed by atoms with Gasteiger partial charge in [-0.05, 0) is 43.9 Å². The van der Waals surface area contributed by atoms with E-state index in [2.05, 4.69) is 31.0 Å². The number of carbonyl (C=O) groups is 6. The molecule has 5 rings (SSSR count). The number of carbonyl (C=O) groups excluding carboxylic acids is 6. The van der Waals surface area contributed by atoms with E-state index < -0.39 is 53.6 Å². The van der Waals surface area contributed by atoms with Crippen molar-refractivity contribution in [1.82, 2.24) is 50.4 Å². The van der Waals surface area contributed by atoms with Gasteiger partial charge >= 0.3 is 0 Å². The van der Waals surface area contributed by atoms with Crippen molar-refractivity contribution in [2.75, 3.05) is 40.3 Å². The summed E-state index contributed by atoms with van der Waals surface area (Å²) in [6, 6.07) is 6.61. The molecule has 4 heterocycles. The molecule has 1 aliphatic rings. The number of aromatic nitrogens is 4. The van der Waals surface area contributed by atoms with Crippen molar-refractivity contribution in [1.29, 1.82) is 0 Å². The first-order chi connectivity index (χ1) is 25.6. The number of thiazole rings is 1. The third-order valence-electron chi connectivity index (χ3n) is 9.23. The highest BCUT2D eigenvalue weighted by atomic mass is 32.1. The number of aromatic amines is 1. The molecule has 0 radical (unpaired) electrons. The zero-order valence-electron chi connectivity index (χ0n) is 31.6. The number of hydrogen-bond acceptors (Lipinski definition) is 9. The van der Waals surface area contributed by atoms with Crippen molar-refractivity contribution < 1.29 is 28.8 Å². The Labute approximate surface area is 317 Å². The third kappa shape index (κ3) is 9.50. The minimum atomic E-state index is -1.07. The van der Waals surface area contributed by atoms with Crippen LogP contribution < -0.4 is 16.0 Å². The smallest absolute Gasteiger partial charge is 0.272 e. The SMILES string of the molecule is Cc1cc(C(=O)N2CCN(C)C(=O)[C@H](C)NC(=O)CN(C)C(=O)[C@@H](Cc3c[nH]c4ccccc34)NC(=O)c3csc(n3)[C@H](CC(C)C)NC(=O)C2)n(C)n1. The van der Waals surface area contributed by atoms with Crippen LogP contribution in [-0.2, 0) is 32.6 Å². The lowest BCUT2D eigenvalue weighted by Crippen LogP contribution is -2.53. The molecule has 1 aromatic carbocycles. The number of hydrogen-bond donors (Lipinski definition) is 4. The number of benzene rings is 1. The summed E-state index contributed by atoms with van der Waals surface area (Å²) in [6.45, 7) is 6.64. The Bertz CT molecular complexity index is 2030. The van der Waals surface area contributed by atoms with Crippen LogP contribution >= 0.6 is 11.3 Å². The van der Waals surface area contributed by atoms with E-state index >= 15 is 0 Å². The Morgan fingerprint density at radius 2 is 1.65 bits per heavy atom. The predicted octanol–water partition coefficient (Wildman–Crippen LogP) is 1.79. The van der Waals surface area contributed by atoms with Crippen LogP contribution in [0.2, 0.25) is 0 Å². The fraction of sp³-hybridized carbons (Fsp3) is 0.459. The average molecular weight is 761 g/mol. The van der Waals surface area contributed by atoms with Gasteiger partial charge in [-0.1, -0.05) is 32.0 Å². The van der Waals surface area contributed by atoms with Crippen molar-refractivity contribution in [3.8, 4) is 0 Å². The van der Waals surface area contributed by atoms with Crippen LogP contribution in [0.25, 0.3) is 10.9 Å². The van der Waals surface area contributed by atoms with E-state index in [0.717, 1.165) is 16.5 Å². The van der Waals surface area contributed by atoms with Crippen molar-refractivity contribution >= 4 is 57.7 Å². The quantitative estimate of drug-likeness (QED) is 0.236. The van der Waals surface area contributed by atoms with Gasteiger partial charge in [0.15, 0.2) is 0 Å². The predicted molar refractivity (Wildman–Crippen MR) is 202 cm³/mol. The molecule has 0 unspecified atom stereocenters. The fourth-order valence-corrected chi connectivity index (χ4v) is 7.32. The molecule has 0 fully saturated rings. The average Bonchev–Trinajstić information content (AvgIpc) is 3.86. The molecular formula is C37H48N10O6S. The number of fused-ring (bicyclic) bond motifs is 3. The summed E-state index contributed by atoms with van der Waals surface area (Å²) in [7, 11) is 4.64. The molecule has 0 saturated carbocycles. The maximum atomic E-state index is 13.9. The molecule has 0 spiro atoms. The molecule has 288 valence electrons. The van der Waals surface area contributed by atoms with Crippen LogP contribution in [0.4, 0.5) is 0 Å². The third-order valence-corrected chi connectivity index (χ3v) is 10.2. The van der Waals surface area contributed by atoms with Gasteiger partial charge in [0.05, 0.1) is 24.8 Å². The summed E-state index contributed by atoms with van der Waals surface area (Å²) < 4.78 is 1.44. The molecule has 4 aromatic rings. The molecular weight excluding hydrogens is 713 g/mol. The Hall–Kier alpha value is -5.58. The Morgan fingerprint density at radius 1 is 0.926 bits per heavy atom. The Balaban J connectivity index is 1.47. The van der Waals surface area contributed by atoms with Crippen molar-refractivity contribution in [2.45, 2.75) is 58.7 Å². The van der Waals surface area contributed by atoms with Crippen LogP contribution in [0.1, 0.15) is 70.5 Å². The van der Waals surface area contributed by atoms with Gasteiger partial charge in [-0.2, -0.15) is 5.10 Å². The van der Waals surface area contributed by atoms with Crippen LogP contribution in [-0.4, -0.2) is 122 Å². The largest absolute Gasteiger partial charge is 0.361 e. The van der Waals surface area contributed by atoms with Gasteiger partial charge in [0.1, 0.15) is 28.5 Å². The summed E-state index contributed by atoms with van der Waals surface area (Å²) in [6.07, 6.45) is 2.40. The van der Waals surface area contributed by atoms with Gasteiger partial charge in [-0.15, -0.1) is 11.3 Å². The van der Waals surface area contributed by atoms with Crippen LogP contribution in [0.5, 0.6) is 0 Å². The molecule has 6 amide bonds. The first-order valence-electron chi connectivity index (χ1n) is 17.8. The van der Waals surface area contributed by atoms with E-state index in [9.17, 15) is 28.8 Å². The summed E-state index contributed by atoms with van der Waals surface area (Å²) in [5.74, 6) is -2.90. The number of likely N-dealkylation sites (N-methyl/N-ethyl adjacent to an activating group) is 2. The second-order valence-corrected chi connectivity index (χ2v) is 15.1. The van der Waals surface area contributed by atoms with Gasteiger partial charge in [0.25, 0.3) is 11.8 Å². The minimum absolute atomic E-state index is 0.00482. The highest BCUT2D eigenvalue weighted by molar-refractivity contribution is 7.09. The first-order valence-corrected chi connectivity index (χ1v) is 18.7. The number of nitrogens with one attached hydrogen (secondary N) is 4. The maximum absolute atomic E-state index is 13.9. The van der Waals surface area contributed by atoms with Gasteiger partial charge in [0.2, 0.25) is 23.6 Å². The van der Waals surface area contributed by atoms with E-state index in [4.69, 9.17) is 0 Å². The second kappa shape index (κ2) is 17.0. The lowest BCUT2D eigenvalue weighted by atomic mass is 10.0. The number of H-pyrrole nitrogens is 1. The summed E-state index contributed by atoms with van der Waals surface area (Å²) >= 11 is 1.20. The molecule has 4 N–H and O–H groups in total. The standard InChI is InChI=1S/C37H48N10O6S/c1-21(2)14-27-34-42-29(20-54-34)33(50)41-28(16-24-17-38-26-11-9-8-10-25(24)26)36(52)45(6)18-31(48)39-23(4)35(51)44(5)12-13-47(19-32(49)40-27)37(53)30-15-22(3)43-46(30)7/h8-11,15,17,20-21,23,27-28,38H,12-14,16,18-19H2,1-7H3,(H,39,48)(H,40,49)(H,41,50)/t23-,27-,28+/m0/s1. The number of nitrogens with zero attached hydrogens (tertiary/aromatic N) is 6. The second-order valence-electron chi connectivity index (χ2n) is 14.2. The van der Waals surface area contributed by atoms with E-state index in [0.29, 0.717) is 17.1 Å². The van der Waals surface area contributed by atoms with Crippen LogP contribution in [0.15, 0.2) is 41.9 Å². The van der Waals surface area contributed by atoms with Gasteiger partial charge in [-0.25, -0.2) is 4.98 Å². The zero-order valence-corrected chi connectivity index (χ0v) is 32.5. The highest BCUT2D eigenvalue weighted by Crippen LogP contribution is 2.26. The van der Waals surface area contributed by atoms with Crippen molar-refractivity contribution in [3.05, 3.63) is 69.6 Å². The van der Waals surface area contributed by atoms with Gasteiger partial charge < -0.3 is 35.6 Å². The lowest BCUT2D eigenvalue weighted by molar-refractivity contribution is -0.138. The van der Waals surface area contributed by atoms with Gasteiger partial charge in [0, 0.05) is 63.1 Å². The van der Waals surface area contributed by atoms with E-state index in [1.807, 2.05) is 38.1 Å². The lowest BCUT2D eigenvalue weighted by Gasteiger charge is -2.28. The summed E-state index contributed by atoms with van der Waals surface area (Å²) in [5, 5.41) is 15.7. The summed E-state index contributed by atoms with van der Waals surface area (Å²) in [4.78, 5) is 93.4. The minimum Gasteiger partial charge on any atom is -0.361 e. The first kappa shape index (κ1) is 39.6. The van der Waals surface area contributed by atoms with Crippen molar-refractivity contribution in [3.63, 3.8) is 0 Å². The maximum Gasteiger partial charge on any atom is 0.272 e.